The van der Waals surface area contributed by atoms with Crippen molar-refractivity contribution in [1.82, 2.24) is 19.9 Å². The average Bonchev–Trinajstić information content (AvgIpc) is 1.61. The minimum absolute atomic E-state index is 0.0759. The number of hydrogen-bond acceptors (Lipinski definition) is 18. The second kappa shape index (κ2) is 33.5. The Morgan fingerprint density at radius 1 is 0.989 bits per heavy atom. The molecule has 3 aliphatic heterocycles. The van der Waals surface area contributed by atoms with E-state index in [1.807, 2.05) is 0 Å². The van der Waals surface area contributed by atoms with Crippen molar-refractivity contribution in [2.75, 3.05) is 55.2 Å². The molecule has 1 fully saturated rings. The summed E-state index contributed by atoms with van der Waals surface area (Å²) in [5.41, 5.74) is 24.2. The van der Waals surface area contributed by atoms with Crippen LogP contribution in [0, 0.1) is 25.7 Å². The van der Waals surface area contributed by atoms with Gasteiger partial charge in [-0.3, -0.25) is 23.9 Å². The van der Waals surface area contributed by atoms with E-state index in [1.165, 1.54) is 55.8 Å². The number of H-pyrrole nitrogens is 1. The Morgan fingerprint density at radius 3 is 2.45 bits per heavy atom. The number of aryl methyl sites for hydroxylation is 2. The molecule has 0 bridgehead atoms. The highest BCUT2D eigenvalue weighted by Crippen LogP contribution is 2.66. The first-order valence-corrected chi connectivity index (χ1v) is 38.0. The fourth-order valence-electron chi connectivity index (χ4n) is 11.8. The van der Waals surface area contributed by atoms with E-state index in [0.29, 0.717) is 31.8 Å². The number of Topliss-reactive ketones (excluding diaryl/α,β-unsaturated/α-hetero) is 1. The Balaban J connectivity index is 0.807. The molecule has 7 rings (SSSR count). The van der Waals surface area contributed by atoms with Gasteiger partial charge in [-0.2, -0.15) is 18.2 Å². The van der Waals surface area contributed by atoms with Gasteiger partial charge in [0.2, 0.25) is 17.5 Å². The lowest BCUT2D eigenvalue weighted by Gasteiger charge is -2.30. The number of nitrogens with zero attached hydrogens (tertiary/aromatic N) is 7. The highest BCUT2D eigenvalue weighted by atomic mass is 33.1. The first kappa shape index (κ1) is 75.7. The maximum absolute atomic E-state index is 15.1. The Bertz CT molecular complexity index is 3860. The van der Waals surface area contributed by atoms with Crippen molar-refractivity contribution in [3.8, 4) is 11.8 Å². The molecule has 8 N–H and O–H groups in total. The topological polar surface area (TPSA) is 365 Å². The lowest BCUT2D eigenvalue weighted by Crippen LogP contribution is -2.35. The highest BCUT2D eigenvalue weighted by molar-refractivity contribution is 8.76. The monoisotopic (exact) mass is 1400 g/mol. The zero-order valence-electron chi connectivity index (χ0n) is 54.0. The minimum atomic E-state index is -5.90. The van der Waals surface area contributed by atoms with Crippen LogP contribution in [-0.2, 0) is 61.5 Å². The number of nitrogens with two attached hydrogens (primary N) is 1. The number of benzene rings is 2. The molecule has 3 aliphatic rings. The molecule has 26 nitrogen and oxygen atoms in total. The van der Waals surface area contributed by atoms with Crippen LogP contribution in [0.4, 0.5) is 21.7 Å². The summed E-state index contributed by atoms with van der Waals surface area (Å²) in [5.74, 6) is 3.38. The lowest BCUT2D eigenvalue weighted by atomic mass is 9.76. The zero-order valence-corrected chi connectivity index (χ0v) is 58.3. The summed E-state index contributed by atoms with van der Waals surface area (Å²) in [6.45, 7) is 17.6. The van der Waals surface area contributed by atoms with Crippen molar-refractivity contribution in [3.63, 3.8) is 0 Å². The molecule has 4 aromatic rings. The van der Waals surface area contributed by atoms with Crippen molar-refractivity contribution in [2.45, 2.75) is 168 Å². The van der Waals surface area contributed by atoms with Crippen LogP contribution in [0.25, 0.3) is 21.5 Å². The van der Waals surface area contributed by atoms with E-state index in [-0.39, 0.29) is 64.5 Å². The maximum atomic E-state index is 15.1. The Hall–Kier alpha value is -5.72. The predicted octanol–water partition coefficient (Wildman–Crippen LogP) is 12.5. The number of halogens is 1. The summed E-state index contributed by atoms with van der Waals surface area (Å²) in [7, 11) is -14.1. The summed E-state index contributed by atoms with van der Waals surface area (Å²) in [5, 5.41) is 5.52. The number of alkyl halides is 1. The molecule has 5 heterocycles. The highest BCUT2D eigenvalue weighted by Gasteiger charge is 2.47. The number of unbranched alkanes of at least 4 members (excludes halogenated alkanes) is 2. The summed E-state index contributed by atoms with van der Waals surface area (Å²) in [6, 6.07) is 13.7. The Labute approximate surface area is 554 Å². The molecule has 512 valence electrons. The van der Waals surface area contributed by atoms with Crippen molar-refractivity contribution >= 4 is 90.8 Å². The number of azide groups is 1. The number of amides is 1. The van der Waals surface area contributed by atoms with Crippen LogP contribution in [0.5, 0.6) is 0 Å². The number of ether oxygens (including phenoxy) is 3. The van der Waals surface area contributed by atoms with Crippen LogP contribution in [-0.4, -0.2) is 119 Å². The smallest absolute Gasteiger partial charge is 0.370 e. The van der Waals surface area contributed by atoms with E-state index in [0.717, 1.165) is 70.7 Å². The minimum Gasteiger partial charge on any atom is -0.370 e. The number of carbonyl (C=O) groups excluding carboxylic acids is 2. The van der Waals surface area contributed by atoms with Crippen LogP contribution >= 0.6 is 45.1 Å². The van der Waals surface area contributed by atoms with E-state index < -0.39 is 60.0 Å². The number of phosphoric acid groups is 3. The van der Waals surface area contributed by atoms with E-state index in [9.17, 15) is 37.9 Å². The third-order valence-corrected chi connectivity index (χ3v) is 22.0. The van der Waals surface area contributed by atoms with Crippen LogP contribution < -0.4 is 21.5 Å². The second-order valence-corrected chi connectivity index (χ2v) is 30.9. The fraction of sp³-hybridized carbons (Fsp3) is 0.532. The zero-order chi connectivity index (χ0) is 68.7. The fourth-order valence-corrected chi connectivity index (χ4v) is 16.6. The van der Waals surface area contributed by atoms with Crippen molar-refractivity contribution in [1.29, 1.82) is 0 Å². The largest absolute Gasteiger partial charge is 0.490 e. The second-order valence-electron chi connectivity index (χ2n) is 23.9. The standard InChI is InChI=1S/C62H84FN10O16P3S2/c1-9-32-71-48-28-26-42(3)36-46(48)60(5,6)52(71)23-14-11-15-24-53-61(7,47-37-43(4)27-29-49(47)72(53)33-10-2)30-16-12-13-21-45(74)22-19-35-93-94-41-84-34-18-25-54(75)66-31-17-20-44-39-73(57-56(44)58(76)68-59(64)67-57)55-38-50(87-62(8,63)69-70-65)51(86-55)40-85-91(80,81)89-92(82,83)88-90(77,78)79/h11,14-15,23-24,26-29,36-37,39,50-51,55H,9-10,12-13,16,18-19,21-22,25,30-35,38,40-41H2,1-8H3,(H7-,64,66,67,68,75,76,77,78,79,80,81,82,83)/p+1/t50?,51-,55-,61?,62-/m1/s1. The molecular weight excluding hydrogens is 1320 g/mol. The van der Waals surface area contributed by atoms with Crippen molar-refractivity contribution in [2.24, 2.45) is 5.11 Å². The number of nitrogen functional groups attached to an aromatic ring is 1. The van der Waals surface area contributed by atoms with Crippen LogP contribution in [0.2, 0.25) is 0 Å². The Morgan fingerprint density at radius 2 is 1.72 bits per heavy atom. The third-order valence-electron chi connectivity index (χ3n) is 16.0. The third kappa shape index (κ3) is 20.7. The van der Waals surface area contributed by atoms with E-state index in [2.05, 4.69) is 170 Å². The van der Waals surface area contributed by atoms with E-state index in [1.54, 1.807) is 21.6 Å². The quantitative estimate of drug-likeness (QED) is 0.00190. The lowest BCUT2D eigenvalue weighted by molar-refractivity contribution is -0.437. The van der Waals surface area contributed by atoms with Gasteiger partial charge in [-0.25, -0.2) is 18.1 Å². The van der Waals surface area contributed by atoms with Gasteiger partial charge in [-0.05, 0) is 101 Å². The van der Waals surface area contributed by atoms with Gasteiger partial charge in [0.25, 0.3) is 11.5 Å². The molecule has 32 heteroatoms. The molecule has 2 aromatic heterocycles. The molecular formula is C62H85FN10O16P3S2+. The Kier molecular flexibility index (Phi) is 27.0. The van der Waals surface area contributed by atoms with Crippen LogP contribution in [0.15, 0.2) is 88.6 Å². The first-order chi connectivity index (χ1) is 44.4. The number of nitrogens with one attached hydrogen (secondary N) is 2. The maximum Gasteiger partial charge on any atom is 0.490 e. The molecule has 0 spiro atoms. The van der Waals surface area contributed by atoms with Gasteiger partial charge in [0.1, 0.15) is 30.6 Å². The molecule has 0 saturated carbocycles. The molecule has 0 radical (unpaired) electrons. The number of rotatable bonds is 36. The number of fused-ring (bicyclic) bond motifs is 3. The van der Waals surface area contributed by atoms with Crippen LogP contribution in [0.1, 0.15) is 153 Å². The van der Waals surface area contributed by atoms with Gasteiger partial charge in [-0.15, -0.1) is 0 Å². The molecule has 1 saturated heterocycles. The van der Waals surface area contributed by atoms with Gasteiger partial charge in [0.05, 0.1) is 35.6 Å². The molecule has 2 aromatic carbocycles. The van der Waals surface area contributed by atoms with E-state index >= 15 is 4.39 Å². The summed E-state index contributed by atoms with van der Waals surface area (Å²) in [4.78, 5) is 87.6. The molecule has 1 amide bonds. The average molecular weight is 1400 g/mol. The summed E-state index contributed by atoms with van der Waals surface area (Å²) < 4.78 is 83.4. The number of aromatic nitrogens is 3. The van der Waals surface area contributed by atoms with Crippen molar-refractivity contribution in [3.05, 3.63) is 127 Å². The van der Waals surface area contributed by atoms with Gasteiger partial charge in [0.15, 0.2) is 11.4 Å². The van der Waals surface area contributed by atoms with Crippen molar-refractivity contribution < 1.29 is 79.2 Å². The number of carbonyl (C=O) groups is 2. The number of aromatic amines is 1. The number of phosphoric ester groups is 1. The van der Waals surface area contributed by atoms with Gasteiger partial charge >= 0.3 is 23.5 Å². The molecule has 4 unspecified atom stereocenters. The number of ketones is 1. The van der Waals surface area contributed by atoms with Crippen LogP contribution in [0.3, 0.4) is 0 Å². The normalized spacial score (nSPS) is 20.9. The SMILES string of the molecule is CCCN1\C(=C/C=C/C=C/C2=[N+](CCC)c3ccc(C)cc3C2(C)C)C(C)(CCCCCC(=O)CCCSSCOCCCC(=O)NCC#Cc2cn([C@H]3CC(O[C@](C)(F)N=[N+]=[N-])[C@@H](COP(=O)(O)OP(=O)(O)OP(=O)(O)O)O3)c3nc(N)[nH]c(=O)c23)c2cc(C)ccc21. The first-order valence-electron chi connectivity index (χ1n) is 31.0. The molecule has 94 heavy (non-hydrogen) atoms. The predicted molar refractivity (Wildman–Crippen MR) is 361 cm³/mol. The van der Waals surface area contributed by atoms with E-state index in [4.69, 9.17) is 39.8 Å². The van der Waals surface area contributed by atoms with Gasteiger partial charge in [-0.1, -0.05) is 108 Å². The number of hydrogen-bond donors (Lipinski definition) is 7. The summed E-state index contributed by atoms with van der Waals surface area (Å²) >= 11 is 0. The number of allylic oxidation sites excluding steroid dienone is 6. The summed E-state index contributed by atoms with van der Waals surface area (Å²) in [6.07, 6.45) is 16.1. The number of anilines is 2. The molecule has 0 aliphatic carbocycles. The van der Waals surface area contributed by atoms with Gasteiger partial charge < -0.3 is 54.3 Å². The van der Waals surface area contributed by atoms with Gasteiger partial charge in [0, 0.05) is 104 Å². The molecule has 7 atom stereocenters.